The monoisotopic (exact) mass is 343 g/mol. The minimum absolute atomic E-state index is 0.0363. The molecule has 6 heteroatoms. The second-order valence-electron chi connectivity index (χ2n) is 6.09. The first-order valence-corrected chi connectivity index (χ1v) is 8.42. The molecule has 0 aliphatic carbocycles. The largest absolute Gasteiger partial charge is 0.496 e. The van der Waals surface area contributed by atoms with E-state index in [4.69, 9.17) is 4.74 Å². The van der Waals surface area contributed by atoms with Gasteiger partial charge in [-0.1, -0.05) is 6.07 Å². The second-order valence-corrected chi connectivity index (χ2v) is 6.09. The zero-order chi connectivity index (χ0) is 17.6. The molecule has 1 fully saturated rings. The maximum atomic E-state index is 13.5. The van der Waals surface area contributed by atoms with Crippen molar-refractivity contribution in [2.45, 2.75) is 13.0 Å². The van der Waals surface area contributed by atoms with E-state index in [1.165, 1.54) is 12.1 Å². The van der Waals surface area contributed by atoms with E-state index in [2.05, 4.69) is 9.88 Å². The van der Waals surface area contributed by atoms with Crippen molar-refractivity contribution in [2.24, 2.45) is 0 Å². The van der Waals surface area contributed by atoms with Crippen molar-refractivity contribution >= 4 is 5.91 Å². The molecule has 1 aromatic carbocycles. The van der Waals surface area contributed by atoms with E-state index in [1.807, 2.05) is 11.0 Å². The molecule has 3 rings (SSSR count). The number of halogens is 1. The summed E-state index contributed by atoms with van der Waals surface area (Å²) in [6.45, 7) is 3.52. The van der Waals surface area contributed by atoms with Gasteiger partial charge in [0.05, 0.1) is 7.11 Å². The van der Waals surface area contributed by atoms with Crippen LogP contribution in [0, 0.1) is 5.82 Å². The van der Waals surface area contributed by atoms with Crippen molar-refractivity contribution in [3.8, 4) is 5.75 Å². The van der Waals surface area contributed by atoms with Crippen LogP contribution in [-0.2, 0) is 6.54 Å². The average Bonchev–Trinajstić information content (AvgIpc) is 2.88. The molecule has 0 radical (unpaired) electrons. The summed E-state index contributed by atoms with van der Waals surface area (Å²) in [5.41, 5.74) is 1.30. The zero-order valence-corrected chi connectivity index (χ0v) is 14.3. The lowest BCUT2D eigenvalue weighted by atomic mass is 10.1. The average molecular weight is 343 g/mol. The number of carbonyl (C=O) groups excluding carboxylic acids is 1. The molecule has 1 saturated heterocycles. The van der Waals surface area contributed by atoms with E-state index in [9.17, 15) is 9.18 Å². The van der Waals surface area contributed by atoms with Gasteiger partial charge in [-0.25, -0.2) is 4.39 Å². The van der Waals surface area contributed by atoms with Crippen LogP contribution < -0.4 is 4.74 Å². The lowest BCUT2D eigenvalue weighted by Crippen LogP contribution is -2.35. The van der Waals surface area contributed by atoms with Crippen molar-refractivity contribution in [1.82, 2.24) is 14.8 Å². The maximum absolute atomic E-state index is 13.5. The summed E-state index contributed by atoms with van der Waals surface area (Å²) in [6, 6.07) is 9.93. The molecule has 5 nitrogen and oxygen atoms in total. The smallest absolute Gasteiger partial charge is 0.272 e. The number of nitrogens with zero attached hydrogens (tertiary/aromatic N) is 3. The van der Waals surface area contributed by atoms with E-state index in [0.717, 1.165) is 25.1 Å². The lowest BCUT2D eigenvalue weighted by Gasteiger charge is -2.22. The van der Waals surface area contributed by atoms with Crippen LogP contribution in [0.1, 0.15) is 22.5 Å². The van der Waals surface area contributed by atoms with E-state index < -0.39 is 0 Å². The Balaban J connectivity index is 1.64. The molecule has 132 valence electrons. The fourth-order valence-corrected chi connectivity index (χ4v) is 3.10. The Labute approximate surface area is 147 Å². The van der Waals surface area contributed by atoms with Crippen LogP contribution in [0.15, 0.2) is 42.6 Å². The van der Waals surface area contributed by atoms with E-state index in [1.54, 1.807) is 31.5 Å². The Morgan fingerprint density at radius 1 is 1.20 bits per heavy atom. The fourth-order valence-electron chi connectivity index (χ4n) is 3.10. The molecule has 1 aliphatic heterocycles. The first kappa shape index (κ1) is 17.4. The molecule has 0 saturated carbocycles. The number of rotatable bonds is 4. The van der Waals surface area contributed by atoms with Gasteiger partial charge in [-0.05, 0) is 36.8 Å². The van der Waals surface area contributed by atoms with Crippen molar-refractivity contribution < 1.29 is 13.9 Å². The molecule has 0 atom stereocenters. The van der Waals surface area contributed by atoms with Crippen LogP contribution in [0.2, 0.25) is 0 Å². The molecule has 1 amide bonds. The predicted molar refractivity (Wildman–Crippen MR) is 93.0 cm³/mol. The third-order valence-electron chi connectivity index (χ3n) is 4.40. The molecule has 0 spiro atoms. The minimum Gasteiger partial charge on any atom is -0.496 e. The molecule has 2 aromatic rings. The van der Waals surface area contributed by atoms with Crippen molar-refractivity contribution in [3.63, 3.8) is 0 Å². The highest BCUT2D eigenvalue weighted by Crippen LogP contribution is 2.22. The van der Waals surface area contributed by atoms with Crippen LogP contribution in [0.3, 0.4) is 0 Å². The number of hydrogen-bond donors (Lipinski definition) is 0. The molecule has 1 aromatic heterocycles. The molecule has 1 aliphatic rings. The minimum atomic E-state index is -0.266. The number of methoxy groups -OCH3 is 1. The maximum Gasteiger partial charge on any atom is 0.272 e. The SMILES string of the molecule is COc1ccc(F)cc1CN1CCCN(C(=O)c2ccccn2)CC1. The van der Waals surface area contributed by atoms with Gasteiger partial charge in [0, 0.05) is 44.5 Å². The summed E-state index contributed by atoms with van der Waals surface area (Å²) < 4.78 is 18.9. The van der Waals surface area contributed by atoms with Crippen LogP contribution >= 0.6 is 0 Å². The summed E-state index contributed by atoms with van der Waals surface area (Å²) >= 11 is 0. The molecule has 0 unspecified atom stereocenters. The van der Waals surface area contributed by atoms with Crippen molar-refractivity contribution in [1.29, 1.82) is 0 Å². The fraction of sp³-hybridized carbons (Fsp3) is 0.368. The van der Waals surface area contributed by atoms with E-state index >= 15 is 0 Å². The summed E-state index contributed by atoms with van der Waals surface area (Å²) in [5.74, 6) is 0.385. The van der Waals surface area contributed by atoms with Crippen molar-refractivity contribution in [2.75, 3.05) is 33.3 Å². The van der Waals surface area contributed by atoms with Crippen LogP contribution in [0.25, 0.3) is 0 Å². The Morgan fingerprint density at radius 2 is 2.08 bits per heavy atom. The number of benzene rings is 1. The Kier molecular flexibility index (Phi) is 5.60. The third-order valence-corrected chi connectivity index (χ3v) is 4.40. The third kappa shape index (κ3) is 4.33. The first-order chi connectivity index (χ1) is 12.2. The number of pyridine rings is 1. The number of hydrogen-bond acceptors (Lipinski definition) is 4. The standard InChI is InChI=1S/C19H22FN3O2/c1-25-18-7-6-16(20)13-15(18)14-22-9-4-10-23(12-11-22)19(24)17-5-2-3-8-21-17/h2-3,5-8,13H,4,9-12,14H2,1H3. The van der Waals surface area contributed by atoms with Gasteiger partial charge >= 0.3 is 0 Å². The van der Waals surface area contributed by atoms with Gasteiger partial charge < -0.3 is 9.64 Å². The highest BCUT2D eigenvalue weighted by molar-refractivity contribution is 5.92. The Morgan fingerprint density at radius 3 is 2.84 bits per heavy atom. The number of carbonyl (C=O) groups is 1. The molecule has 2 heterocycles. The van der Waals surface area contributed by atoms with Crippen molar-refractivity contribution in [3.05, 3.63) is 59.7 Å². The van der Waals surface area contributed by atoms with Gasteiger partial charge in [-0.15, -0.1) is 0 Å². The quantitative estimate of drug-likeness (QED) is 0.856. The summed E-state index contributed by atoms with van der Waals surface area (Å²) in [6.07, 6.45) is 2.50. The highest BCUT2D eigenvalue weighted by Gasteiger charge is 2.21. The molecule has 0 bridgehead atoms. The number of aromatic nitrogens is 1. The van der Waals surface area contributed by atoms with Gasteiger partial charge in [0.2, 0.25) is 0 Å². The summed E-state index contributed by atoms with van der Waals surface area (Å²) in [5, 5.41) is 0. The lowest BCUT2D eigenvalue weighted by molar-refractivity contribution is 0.0755. The van der Waals surface area contributed by atoms with Gasteiger partial charge in [0.1, 0.15) is 17.3 Å². The van der Waals surface area contributed by atoms with Gasteiger partial charge in [0.15, 0.2) is 0 Å². The summed E-state index contributed by atoms with van der Waals surface area (Å²) in [4.78, 5) is 20.7. The first-order valence-electron chi connectivity index (χ1n) is 8.42. The molecular formula is C19H22FN3O2. The highest BCUT2D eigenvalue weighted by atomic mass is 19.1. The normalized spacial score (nSPS) is 15.7. The van der Waals surface area contributed by atoms with Gasteiger partial charge in [0.25, 0.3) is 5.91 Å². The predicted octanol–water partition coefficient (Wildman–Crippen LogP) is 2.58. The number of amides is 1. The van der Waals surface area contributed by atoms with E-state index in [0.29, 0.717) is 31.1 Å². The molecule has 0 N–H and O–H groups in total. The molecular weight excluding hydrogens is 321 g/mol. The number of ether oxygens (including phenoxy) is 1. The second kappa shape index (κ2) is 8.07. The Hall–Kier alpha value is -2.47. The van der Waals surface area contributed by atoms with Crippen LogP contribution in [0.5, 0.6) is 5.75 Å². The zero-order valence-electron chi connectivity index (χ0n) is 14.3. The van der Waals surface area contributed by atoms with E-state index in [-0.39, 0.29) is 11.7 Å². The van der Waals surface area contributed by atoms with Crippen LogP contribution in [-0.4, -0.2) is 54.0 Å². The summed E-state index contributed by atoms with van der Waals surface area (Å²) in [7, 11) is 1.59. The molecule has 25 heavy (non-hydrogen) atoms. The van der Waals surface area contributed by atoms with Gasteiger partial charge in [-0.2, -0.15) is 0 Å². The van der Waals surface area contributed by atoms with Crippen LogP contribution in [0.4, 0.5) is 4.39 Å². The van der Waals surface area contributed by atoms with Gasteiger partial charge in [-0.3, -0.25) is 14.7 Å². The Bertz CT molecular complexity index is 724. The topological polar surface area (TPSA) is 45.7 Å².